The van der Waals surface area contributed by atoms with Crippen molar-refractivity contribution < 1.29 is 19.1 Å². The largest absolute Gasteiger partial charge is 0.356 e. The zero-order chi connectivity index (χ0) is 12.6. The molecule has 0 aliphatic heterocycles. The Kier molecular flexibility index (Phi) is 7.78. The Morgan fingerprint density at radius 1 is 1.25 bits per heavy atom. The van der Waals surface area contributed by atoms with Crippen LogP contribution in [0.25, 0.3) is 0 Å². The highest BCUT2D eigenvalue weighted by Crippen LogP contribution is 2.10. The molecule has 0 fully saturated rings. The van der Waals surface area contributed by atoms with E-state index in [1.165, 1.54) is 21.1 Å². The SMILES string of the molecule is COC(CC(C)C(=O)N=[Si]=NC(C)=O)OC. The molecular formula is C9H16N2O4Si. The fourth-order valence-electron chi connectivity index (χ4n) is 0.933. The summed E-state index contributed by atoms with van der Waals surface area (Å²) in [6.07, 6.45) is 0.0158. The summed E-state index contributed by atoms with van der Waals surface area (Å²) in [6.45, 7) is 3.05. The number of rotatable bonds is 5. The van der Waals surface area contributed by atoms with Gasteiger partial charge in [-0.2, -0.15) is 4.63 Å². The lowest BCUT2D eigenvalue weighted by Gasteiger charge is -2.15. The molecule has 16 heavy (non-hydrogen) atoms. The van der Waals surface area contributed by atoms with Crippen LogP contribution in [-0.2, 0) is 19.1 Å². The fraction of sp³-hybridized carbons (Fsp3) is 0.778. The molecule has 0 saturated carbocycles. The fourth-order valence-corrected chi connectivity index (χ4v) is 1.44. The molecular weight excluding hydrogens is 228 g/mol. The molecule has 0 heterocycles. The minimum absolute atomic E-state index is 0.289. The second-order valence-electron chi connectivity index (χ2n) is 3.22. The Hall–Kier alpha value is -0.923. The summed E-state index contributed by atoms with van der Waals surface area (Å²) in [7, 11) is 2.67. The van der Waals surface area contributed by atoms with Gasteiger partial charge in [-0.25, -0.2) is 4.63 Å². The Morgan fingerprint density at radius 3 is 2.25 bits per heavy atom. The van der Waals surface area contributed by atoms with Gasteiger partial charge in [0.1, 0.15) is 0 Å². The van der Waals surface area contributed by atoms with Crippen LogP contribution in [0, 0.1) is 5.92 Å². The average Bonchev–Trinajstić information content (AvgIpc) is 2.24. The van der Waals surface area contributed by atoms with Crippen molar-refractivity contribution in [2.24, 2.45) is 15.2 Å². The van der Waals surface area contributed by atoms with Gasteiger partial charge in [0, 0.05) is 33.5 Å². The molecule has 0 radical (unpaired) electrons. The van der Waals surface area contributed by atoms with Crippen LogP contribution in [0.4, 0.5) is 0 Å². The summed E-state index contributed by atoms with van der Waals surface area (Å²) in [5.74, 6) is -0.920. The molecule has 6 nitrogen and oxygen atoms in total. The number of hydrogen-bond acceptors (Lipinski definition) is 4. The maximum Gasteiger partial charge on any atom is 0.248 e. The number of hydrogen-bond donors (Lipinski definition) is 0. The van der Waals surface area contributed by atoms with E-state index < -0.39 is 6.29 Å². The van der Waals surface area contributed by atoms with Gasteiger partial charge in [0.05, 0.1) is 0 Å². The highest BCUT2D eigenvalue weighted by atomic mass is 28.2. The predicted octanol–water partition coefficient (Wildman–Crippen LogP) is 0.776. The molecule has 2 amide bonds. The van der Waals surface area contributed by atoms with Crippen molar-refractivity contribution in [2.75, 3.05) is 14.2 Å². The summed E-state index contributed by atoms with van der Waals surface area (Å²) >= 11 is 0. The summed E-state index contributed by atoms with van der Waals surface area (Å²) in [5, 5.41) is 0. The second-order valence-corrected chi connectivity index (χ2v) is 3.87. The summed E-state index contributed by atoms with van der Waals surface area (Å²) < 4.78 is 17.1. The van der Waals surface area contributed by atoms with Crippen LogP contribution in [0.2, 0.25) is 0 Å². The van der Waals surface area contributed by atoms with Crippen molar-refractivity contribution in [3.05, 3.63) is 0 Å². The molecule has 0 bridgehead atoms. The van der Waals surface area contributed by atoms with Crippen LogP contribution in [0.5, 0.6) is 0 Å². The highest BCUT2D eigenvalue weighted by Gasteiger charge is 2.17. The monoisotopic (exact) mass is 244 g/mol. The lowest BCUT2D eigenvalue weighted by atomic mass is 10.1. The smallest absolute Gasteiger partial charge is 0.248 e. The molecule has 0 aliphatic rings. The zero-order valence-electron chi connectivity index (χ0n) is 9.89. The predicted molar refractivity (Wildman–Crippen MR) is 57.9 cm³/mol. The Balaban J connectivity index is 4.28. The molecule has 0 aromatic carbocycles. The van der Waals surface area contributed by atoms with E-state index in [1.807, 2.05) is 0 Å². The van der Waals surface area contributed by atoms with E-state index in [0.717, 1.165) is 0 Å². The van der Waals surface area contributed by atoms with Gasteiger partial charge in [0.25, 0.3) is 0 Å². The van der Waals surface area contributed by atoms with Gasteiger partial charge in [-0.3, -0.25) is 9.59 Å². The standard InChI is InChI=1S/C9H16N2O4Si/c1-6(5-8(14-3)15-4)9(13)11-16-10-7(2)12/h6,8H,5H2,1-4H3. The van der Waals surface area contributed by atoms with Gasteiger partial charge in [-0.1, -0.05) is 6.92 Å². The minimum Gasteiger partial charge on any atom is -0.356 e. The summed E-state index contributed by atoms with van der Waals surface area (Å²) in [5.41, 5.74) is 0. The van der Waals surface area contributed by atoms with Crippen LogP contribution < -0.4 is 0 Å². The second kappa shape index (κ2) is 8.25. The van der Waals surface area contributed by atoms with Crippen LogP contribution in [0.1, 0.15) is 20.3 Å². The van der Waals surface area contributed by atoms with E-state index >= 15 is 0 Å². The number of methoxy groups -OCH3 is 2. The topological polar surface area (TPSA) is 77.3 Å². The van der Waals surface area contributed by atoms with Gasteiger partial charge in [0.15, 0.2) is 6.29 Å². The van der Waals surface area contributed by atoms with Gasteiger partial charge < -0.3 is 9.47 Å². The molecule has 7 heteroatoms. The summed E-state index contributed by atoms with van der Waals surface area (Å²) in [4.78, 5) is 21.9. The third kappa shape index (κ3) is 6.54. The van der Waals surface area contributed by atoms with Crippen LogP contribution in [-0.4, -0.2) is 41.4 Å². The molecule has 0 rings (SSSR count). The van der Waals surface area contributed by atoms with Gasteiger partial charge in [-0.05, 0) is 0 Å². The molecule has 1 unspecified atom stereocenters. The van der Waals surface area contributed by atoms with Crippen LogP contribution in [0.15, 0.2) is 9.27 Å². The molecule has 0 aromatic rings. The average molecular weight is 244 g/mol. The van der Waals surface area contributed by atoms with Crippen molar-refractivity contribution in [1.29, 1.82) is 0 Å². The Morgan fingerprint density at radius 2 is 1.81 bits per heavy atom. The lowest BCUT2D eigenvalue weighted by Crippen LogP contribution is -2.20. The van der Waals surface area contributed by atoms with Crippen molar-refractivity contribution in [1.82, 2.24) is 0 Å². The van der Waals surface area contributed by atoms with Crippen LogP contribution >= 0.6 is 0 Å². The molecule has 0 aliphatic carbocycles. The third-order valence-electron chi connectivity index (χ3n) is 1.86. The van der Waals surface area contributed by atoms with Crippen molar-refractivity contribution in [2.45, 2.75) is 26.6 Å². The lowest BCUT2D eigenvalue weighted by molar-refractivity contribution is -0.132. The van der Waals surface area contributed by atoms with E-state index in [2.05, 4.69) is 9.27 Å². The van der Waals surface area contributed by atoms with Crippen molar-refractivity contribution in [3.8, 4) is 0 Å². The molecule has 0 N–H and O–H groups in total. The van der Waals surface area contributed by atoms with E-state index in [0.29, 0.717) is 6.42 Å². The zero-order valence-corrected chi connectivity index (χ0v) is 10.9. The quantitative estimate of drug-likeness (QED) is 0.529. The van der Waals surface area contributed by atoms with Crippen molar-refractivity contribution >= 4 is 20.9 Å². The van der Waals surface area contributed by atoms with E-state index in [1.54, 1.807) is 6.92 Å². The molecule has 90 valence electrons. The van der Waals surface area contributed by atoms with E-state index in [9.17, 15) is 9.59 Å². The maximum absolute atomic E-state index is 11.4. The number of carbonyl (C=O) groups excluding carboxylic acids is 2. The molecule has 0 aromatic heterocycles. The highest BCUT2D eigenvalue weighted by molar-refractivity contribution is 6.17. The maximum atomic E-state index is 11.4. The van der Waals surface area contributed by atoms with Gasteiger partial charge >= 0.3 is 0 Å². The van der Waals surface area contributed by atoms with Crippen molar-refractivity contribution in [3.63, 3.8) is 0 Å². The first kappa shape index (κ1) is 15.1. The normalized spacial score (nSPS) is 11.8. The molecule has 0 spiro atoms. The van der Waals surface area contributed by atoms with Gasteiger partial charge in [-0.15, -0.1) is 0 Å². The number of carbonyl (C=O) groups is 2. The number of amides is 2. The van der Waals surface area contributed by atoms with E-state index in [-0.39, 0.29) is 26.8 Å². The van der Waals surface area contributed by atoms with E-state index in [4.69, 9.17) is 9.47 Å². The first-order chi connectivity index (χ1) is 7.51. The third-order valence-corrected chi connectivity index (χ3v) is 2.60. The summed E-state index contributed by atoms with van der Waals surface area (Å²) in [6, 6.07) is 0. The number of nitrogens with zero attached hydrogens (tertiary/aromatic N) is 2. The Labute approximate surface area is 96.6 Å². The van der Waals surface area contributed by atoms with Gasteiger partial charge in [0.2, 0.25) is 20.9 Å². The van der Waals surface area contributed by atoms with Crippen LogP contribution in [0.3, 0.4) is 0 Å². The first-order valence-corrected chi connectivity index (χ1v) is 5.67. The minimum atomic E-state index is -0.415. The molecule has 0 saturated heterocycles. The first-order valence-electron chi connectivity index (χ1n) is 4.77. The Bertz CT molecular complexity index is 309. The molecule has 1 atom stereocenters. The number of ether oxygens (including phenoxy) is 2.